The van der Waals surface area contributed by atoms with Gasteiger partial charge >= 0.3 is 0 Å². The molecule has 16 heavy (non-hydrogen) atoms. The zero-order chi connectivity index (χ0) is 12.2. The van der Waals surface area contributed by atoms with Crippen LogP contribution >= 0.6 is 12.2 Å². The fourth-order valence-electron chi connectivity index (χ4n) is 1.68. The summed E-state index contributed by atoms with van der Waals surface area (Å²) in [6.45, 7) is 5.19. The molecular formula is C9H19N3O2S2. The number of nitrogens with two attached hydrogens (primary N) is 1. The standard InChI is InChI=1S/C9H19N3O2S2/c1-2-16(13,14)12-7-5-11(6-8-12)4-3-9(10)15/h2-8H2,1H3,(H2,10,15). The van der Waals surface area contributed by atoms with E-state index in [1.54, 1.807) is 11.2 Å². The molecule has 0 aromatic heterocycles. The summed E-state index contributed by atoms with van der Waals surface area (Å²) in [4.78, 5) is 2.71. The van der Waals surface area contributed by atoms with Crippen LogP contribution in [0.5, 0.6) is 0 Å². The smallest absolute Gasteiger partial charge is 0.213 e. The topological polar surface area (TPSA) is 66.6 Å². The van der Waals surface area contributed by atoms with Crippen molar-refractivity contribution in [3.8, 4) is 0 Å². The molecule has 7 heteroatoms. The maximum absolute atomic E-state index is 11.6. The minimum atomic E-state index is -3.02. The highest BCUT2D eigenvalue weighted by molar-refractivity contribution is 7.89. The van der Waals surface area contributed by atoms with E-state index in [0.717, 1.165) is 19.6 Å². The van der Waals surface area contributed by atoms with Crippen molar-refractivity contribution < 1.29 is 8.42 Å². The Morgan fingerprint density at radius 2 is 1.88 bits per heavy atom. The molecule has 0 radical (unpaired) electrons. The molecule has 0 bridgehead atoms. The van der Waals surface area contributed by atoms with E-state index in [1.165, 1.54) is 0 Å². The first-order valence-corrected chi connectivity index (χ1v) is 7.46. The molecule has 0 unspecified atom stereocenters. The number of nitrogens with zero attached hydrogens (tertiary/aromatic N) is 2. The van der Waals surface area contributed by atoms with Crippen molar-refractivity contribution in [2.45, 2.75) is 13.3 Å². The highest BCUT2D eigenvalue weighted by Crippen LogP contribution is 2.08. The molecular weight excluding hydrogens is 246 g/mol. The maximum atomic E-state index is 11.6. The maximum Gasteiger partial charge on any atom is 0.213 e. The molecule has 1 heterocycles. The number of hydrogen-bond acceptors (Lipinski definition) is 4. The molecule has 0 amide bonds. The van der Waals surface area contributed by atoms with Crippen molar-refractivity contribution >= 4 is 27.2 Å². The van der Waals surface area contributed by atoms with Gasteiger partial charge in [-0.3, -0.25) is 0 Å². The molecule has 0 atom stereocenters. The quantitative estimate of drug-likeness (QED) is 0.687. The molecule has 1 saturated heterocycles. The van der Waals surface area contributed by atoms with E-state index >= 15 is 0 Å². The summed E-state index contributed by atoms with van der Waals surface area (Å²) in [6, 6.07) is 0. The first kappa shape index (κ1) is 13.8. The van der Waals surface area contributed by atoms with Crippen molar-refractivity contribution in [3.05, 3.63) is 0 Å². The Bertz CT molecular complexity index is 335. The van der Waals surface area contributed by atoms with Gasteiger partial charge in [-0.2, -0.15) is 4.31 Å². The van der Waals surface area contributed by atoms with Crippen LogP contribution in [-0.2, 0) is 10.0 Å². The van der Waals surface area contributed by atoms with Gasteiger partial charge in [0.15, 0.2) is 0 Å². The van der Waals surface area contributed by atoms with Crippen LogP contribution in [0.2, 0.25) is 0 Å². The van der Waals surface area contributed by atoms with Gasteiger partial charge in [-0.25, -0.2) is 8.42 Å². The molecule has 1 rings (SSSR count). The van der Waals surface area contributed by atoms with Crippen LogP contribution in [-0.4, -0.2) is 61.1 Å². The Morgan fingerprint density at radius 1 is 1.31 bits per heavy atom. The van der Waals surface area contributed by atoms with E-state index in [2.05, 4.69) is 4.90 Å². The molecule has 0 spiro atoms. The lowest BCUT2D eigenvalue weighted by Gasteiger charge is -2.33. The van der Waals surface area contributed by atoms with Crippen molar-refractivity contribution in [1.82, 2.24) is 9.21 Å². The minimum absolute atomic E-state index is 0.180. The lowest BCUT2D eigenvalue weighted by atomic mass is 10.3. The second-order valence-corrected chi connectivity index (χ2v) is 6.64. The number of sulfonamides is 1. The Balaban J connectivity index is 2.37. The number of thiocarbonyl (C=S) groups is 1. The van der Waals surface area contributed by atoms with Gasteiger partial charge in [-0.1, -0.05) is 12.2 Å². The van der Waals surface area contributed by atoms with Crippen molar-refractivity contribution in [3.63, 3.8) is 0 Å². The predicted molar refractivity (Wildman–Crippen MR) is 68.9 cm³/mol. The molecule has 0 aliphatic carbocycles. The Labute approximate surface area is 103 Å². The molecule has 0 aromatic rings. The molecule has 0 aromatic carbocycles. The van der Waals surface area contributed by atoms with Gasteiger partial charge in [0.1, 0.15) is 0 Å². The average Bonchev–Trinajstić information content (AvgIpc) is 2.27. The van der Waals surface area contributed by atoms with E-state index in [9.17, 15) is 8.42 Å². The van der Waals surface area contributed by atoms with Gasteiger partial charge in [0.2, 0.25) is 10.0 Å². The third-order valence-electron chi connectivity index (χ3n) is 2.76. The third kappa shape index (κ3) is 3.97. The molecule has 0 saturated carbocycles. The zero-order valence-electron chi connectivity index (χ0n) is 9.55. The van der Waals surface area contributed by atoms with Crippen LogP contribution in [0, 0.1) is 0 Å². The van der Waals surface area contributed by atoms with Gasteiger partial charge in [-0.15, -0.1) is 0 Å². The summed E-state index contributed by atoms with van der Waals surface area (Å²) in [6.07, 6.45) is 0.704. The summed E-state index contributed by atoms with van der Waals surface area (Å²) in [5, 5.41) is 0. The molecule has 1 fully saturated rings. The largest absolute Gasteiger partial charge is 0.393 e. The van der Waals surface area contributed by atoms with E-state index < -0.39 is 10.0 Å². The van der Waals surface area contributed by atoms with E-state index in [4.69, 9.17) is 18.0 Å². The van der Waals surface area contributed by atoms with E-state index in [1.807, 2.05) is 0 Å². The van der Waals surface area contributed by atoms with E-state index in [-0.39, 0.29) is 5.75 Å². The normalized spacial score (nSPS) is 19.8. The van der Waals surface area contributed by atoms with Crippen molar-refractivity contribution in [2.75, 3.05) is 38.5 Å². The van der Waals surface area contributed by atoms with Gasteiger partial charge < -0.3 is 10.6 Å². The Morgan fingerprint density at radius 3 is 2.31 bits per heavy atom. The molecule has 1 aliphatic rings. The Hall–Kier alpha value is -0.240. The lowest BCUT2D eigenvalue weighted by molar-refractivity contribution is 0.193. The van der Waals surface area contributed by atoms with Crippen molar-refractivity contribution in [2.24, 2.45) is 5.73 Å². The van der Waals surface area contributed by atoms with Crippen LogP contribution in [0.1, 0.15) is 13.3 Å². The van der Waals surface area contributed by atoms with Crippen LogP contribution in [0.4, 0.5) is 0 Å². The Kier molecular flexibility index (Phi) is 5.10. The SMILES string of the molecule is CCS(=O)(=O)N1CCN(CCC(N)=S)CC1. The highest BCUT2D eigenvalue weighted by Gasteiger charge is 2.24. The summed E-state index contributed by atoms with van der Waals surface area (Å²) in [5.74, 6) is 0.180. The summed E-state index contributed by atoms with van der Waals surface area (Å²) in [5.41, 5.74) is 5.43. The van der Waals surface area contributed by atoms with Crippen LogP contribution < -0.4 is 5.73 Å². The van der Waals surface area contributed by atoms with Crippen molar-refractivity contribution in [1.29, 1.82) is 0 Å². The number of hydrogen-bond donors (Lipinski definition) is 1. The minimum Gasteiger partial charge on any atom is -0.393 e. The number of piperazine rings is 1. The summed E-state index contributed by atoms with van der Waals surface area (Å²) >= 11 is 4.81. The first-order valence-electron chi connectivity index (χ1n) is 5.44. The molecule has 1 aliphatic heterocycles. The highest BCUT2D eigenvalue weighted by atomic mass is 32.2. The average molecular weight is 265 g/mol. The molecule has 5 nitrogen and oxygen atoms in total. The third-order valence-corrected chi connectivity index (χ3v) is 4.85. The summed E-state index contributed by atoms with van der Waals surface area (Å²) < 4.78 is 24.7. The van der Waals surface area contributed by atoms with E-state index in [0.29, 0.717) is 24.5 Å². The van der Waals surface area contributed by atoms with Gasteiger partial charge in [0, 0.05) is 39.1 Å². The molecule has 2 N–H and O–H groups in total. The second-order valence-electron chi connectivity index (χ2n) is 3.86. The molecule has 94 valence electrons. The fourth-order valence-corrected chi connectivity index (χ4v) is 2.86. The van der Waals surface area contributed by atoms with Crippen LogP contribution in [0.15, 0.2) is 0 Å². The van der Waals surface area contributed by atoms with Crippen LogP contribution in [0.25, 0.3) is 0 Å². The number of rotatable bonds is 5. The van der Waals surface area contributed by atoms with Crippen LogP contribution in [0.3, 0.4) is 0 Å². The predicted octanol–water partition coefficient (Wildman–Crippen LogP) is -0.370. The second kappa shape index (κ2) is 5.90. The van der Waals surface area contributed by atoms with Gasteiger partial charge in [0.25, 0.3) is 0 Å². The monoisotopic (exact) mass is 265 g/mol. The zero-order valence-corrected chi connectivity index (χ0v) is 11.2. The lowest BCUT2D eigenvalue weighted by Crippen LogP contribution is -2.49. The first-order chi connectivity index (χ1) is 7.45. The van der Waals surface area contributed by atoms with Gasteiger partial charge in [0.05, 0.1) is 10.7 Å². The fraction of sp³-hybridized carbons (Fsp3) is 0.889. The van der Waals surface area contributed by atoms with Gasteiger partial charge in [-0.05, 0) is 6.92 Å². The summed E-state index contributed by atoms with van der Waals surface area (Å²) in [7, 11) is -3.02.